The Morgan fingerprint density at radius 2 is 1.33 bits per heavy atom. The highest BCUT2D eigenvalue weighted by Crippen LogP contribution is 2.63. The van der Waals surface area contributed by atoms with Crippen LogP contribution in [0.5, 0.6) is 0 Å². The van der Waals surface area contributed by atoms with Crippen molar-refractivity contribution in [1.82, 2.24) is 0 Å². The van der Waals surface area contributed by atoms with E-state index >= 15 is 0 Å². The van der Waals surface area contributed by atoms with E-state index in [0.29, 0.717) is 41.5 Å². The number of carbonyl (C=O) groups is 1. The van der Waals surface area contributed by atoms with Crippen molar-refractivity contribution in [3.05, 3.63) is 30.1 Å². The highest BCUT2D eigenvalue weighted by atomic mass is 19.1. The second-order valence-electron chi connectivity index (χ2n) is 18.7. The topological polar surface area (TPSA) is 106 Å². The second kappa shape index (κ2) is 12.7. The van der Waals surface area contributed by atoms with E-state index in [-0.39, 0.29) is 53.4 Å². The Labute approximate surface area is 307 Å². The van der Waals surface area contributed by atoms with E-state index in [9.17, 15) is 9.18 Å². The fraction of sp³-hybridized carbons (Fsp3) is 0.805. The standard InChI is InChI=1S/C41H57FN2O8/c1-22-7-13-30-24(3)33(46-34-20-38(5)17-15-28(22)40(30,34)51-49-38)19-32(44-48-37(45)43-27-11-9-26(42)10-12-27)36-25(4)31-14-8-23(2)29-16-18-39(6)21-35(47-36)41(29,31)52-50-39/h9-12,22-25,28-31,33-36H,7-8,13-21H2,1-6H3,(H,43,45)/b44-32-/t22-,23-,24-,25-,28+,29+,30+,31+,33-,34-,35-,36+,38+,39+,40-,41-/m1/s1. The van der Waals surface area contributed by atoms with E-state index in [0.717, 1.165) is 64.2 Å². The molecular formula is C41H57FN2O8. The summed E-state index contributed by atoms with van der Waals surface area (Å²) in [5.41, 5.74) is -0.697. The minimum absolute atomic E-state index is 0.0227. The first-order chi connectivity index (χ1) is 24.8. The highest BCUT2D eigenvalue weighted by Gasteiger charge is 2.70. The summed E-state index contributed by atoms with van der Waals surface area (Å²) in [6.45, 7) is 13.6. The lowest BCUT2D eigenvalue weighted by Gasteiger charge is -2.62. The number of ether oxygens (including phenoxy) is 2. The van der Waals surface area contributed by atoms with Crippen LogP contribution in [0.25, 0.3) is 0 Å². The first kappa shape index (κ1) is 35.5. The Balaban J connectivity index is 1.05. The number of hydrogen-bond acceptors (Lipinski definition) is 9. The maximum absolute atomic E-state index is 13.6. The van der Waals surface area contributed by atoms with E-state index in [4.69, 9.17) is 33.9 Å². The van der Waals surface area contributed by atoms with Crippen molar-refractivity contribution in [2.24, 2.45) is 52.5 Å². The SMILES string of the molecule is C[C@H]1[C@@H](/C(C[C@H]2O[C@@H]3C[C@]4(C)CC[C@H]5[C@H](C)CC[C@@H]([C@H]2C)[C@@]35OO4)=N\OC(=O)Nc2ccc(F)cc2)O[C@@H]2C[C@]3(C)CC[C@H]4[C@H](C)CC[C@@H]1[C@@]24OO3. The van der Waals surface area contributed by atoms with E-state index in [1.807, 2.05) is 0 Å². The smallest absolute Gasteiger partial charge is 0.371 e. The maximum Gasteiger partial charge on any atom is 0.437 e. The number of nitrogens with zero attached hydrogens (tertiary/aromatic N) is 1. The summed E-state index contributed by atoms with van der Waals surface area (Å²) in [7, 11) is 0. The van der Waals surface area contributed by atoms with Crippen LogP contribution < -0.4 is 5.32 Å². The van der Waals surface area contributed by atoms with E-state index in [2.05, 4.69) is 52.0 Å². The third-order valence-electron chi connectivity index (χ3n) is 15.6. The fourth-order valence-electron chi connectivity index (χ4n) is 12.8. The molecule has 6 aliphatic heterocycles. The number of carbonyl (C=O) groups excluding carboxylic acids is 1. The molecule has 16 atom stereocenters. The van der Waals surface area contributed by atoms with Gasteiger partial charge in [-0.2, -0.15) is 0 Å². The van der Waals surface area contributed by atoms with Gasteiger partial charge in [-0.05, 0) is 137 Å². The van der Waals surface area contributed by atoms with Crippen molar-refractivity contribution in [2.45, 2.75) is 159 Å². The van der Waals surface area contributed by atoms with Crippen LogP contribution in [0.3, 0.4) is 0 Å². The first-order valence-electron chi connectivity index (χ1n) is 20.2. The second-order valence-corrected chi connectivity index (χ2v) is 18.7. The van der Waals surface area contributed by atoms with Crippen molar-refractivity contribution in [3.63, 3.8) is 0 Å². The zero-order valence-corrected chi connectivity index (χ0v) is 31.6. The Morgan fingerprint density at radius 3 is 1.92 bits per heavy atom. The van der Waals surface area contributed by atoms with Crippen LogP contribution in [0, 0.1) is 53.2 Å². The number of benzene rings is 1. The van der Waals surface area contributed by atoms with Gasteiger partial charge < -0.3 is 9.47 Å². The van der Waals surface area contributed by atoms with Gasteiger partial charge in [0.15, 0.2) is 0 Å². The molecule has 6 saturated heterocycles. The average molecular weight is 725 g/mol. The summed E-state index contributed by atoms with van der Waals surface area (Å²) < 4.78 is 28.1. The molecular weight excluding hydrogens is 667 g/mol. The molecule has 10 aliphatic rings. The third-order valence-corrected chi connectivity index (χ3v) is 15.6. The summed E-state index contributed by atoms with van der Waals surface area (Å²) in [5, 5.41) is 7.37. The molecule has 1 aromatic rings. The Bertz CT molecular complexity index is 1580. The minimum Gasteiger partial charge on any atom is -0.371 e. The van der Waals surface area contributed by atoms with Crippen LogP contribution in [0.1, 0.15) is 112 Å². The van der Waals surface area contributed by atoms with Crippen LogP contribution in [0.15, 0.2) is 29.4 Å². The van der Waals surface area contributed by atoms with Gasteiger partial charge in [0.1, 0.15) is 34.3 Å². The zero-order chi connectivity index (χ0) is 36.2. The Hall–Kier alpha value is -2.15. The van der Waals surface area contributed by atoms with Crippen molar-refractivity contribution in [2.75, 3.05) is 5.32 Å². The molecule has 4 bridgehead atoms. The lowest BCUT2D eigenvalue weighted by atomic mass is 9.55. The van der Waals surface area contributed by atoms with Gasteiger partial charge in [-0.15, -0.1) is 0 Å². The summed E-state index contributed by atoms with van der Waals surface area (Å²) in [6.07, 6.45) is 8.75. The van der Waals surface area contributed by atoms with Crippen LogP contribution in [0.2, 0.25) is 0 Å². The van der Waals surface area contributed by atoms with E-state index < -0.39 is 29.0 Å². The van der Waals surface area contributed by atoms with Crippen LogP contribution in [-0.4, -0.2) is 58.6 Å². The normalized spacial score (nSPS) is 50.7. The Kier molecular flexibility index (Phi) is 8.68. The van der Waals surface area contributed by atoms with Crippen LogP contribution in [0.4, 0.5) is 14.9 Å². The molecule has 10 fully saturated rings. The number of oxime groups is 1. The predicted molar refractivity (Wildman–Crippen MR) is 189 cm³/mol. The number of anilines is 1. The van der Waals surface area contributed by atoms with E-state index in [1.165, 1.54) is 24.3 Å². The molecule has 4 aliphatic carbocycles. The summed E-state index contributed by atoms with van der Waals surface area (Å²) >= 11 is 0. The maximum atomic E-state index is 13.6. The largest absolute Gasteiger partial charge is 0.437 e. The van der Waals surface area contributed by atoms with Crippen LogP contribution >= 0.6 is 0 Å². The van der Waals surface area contributed by atoms with Crippen LogP contribution in [-0.2, 0) is 33.9 Å². The Morgan fingerprint density at radius 1 is 0.769 bits per heavy atom. The number of halogens is 1. The van der Waals surface area contributed by atoms with Crippen molar-refractivity contribution < 1.29 is 43.0 Å². The molecule has 0 radical (unpaired) electrons. The summed E-state index contributed by atoms with van der Waals surface area (Å²) in [5.74, 6) is 2.01. The van der Waals surface area contributed by atoms with Gasteiger partial charge in [0, 0.05) is 24.9 Å². The van der Waals surface area contributed by atoms with Gasteiger partial charge in [0.2, 0.25) is 0 Å². The minimum atomic E-state index is -0.742. The number of amides is 1. The molecule has 0 aromatic heterocycles. The lowest BCUT2D eigenvalue weighted by Crippen LogP contribution is -2.71. The summed E-state index contributed by atoms with van der Waals surface area (Å²) in [6, 6.07) is 5.58. The zero-order valence-electron chi connectivity index (χ0n) is 31.6. The van der Waals surface area contributed by atoms with Crippen molar-refractivity contribution in [3.8, 4) is 0 Å². The number of fused-ring (bicyclic) bond motifs is 4. The molecule has 11 rings (SSSR count). The molecule has 52 heavy (non-hydrogen) atoms. The number of nitrogens with one attached hydrogen (secondary N) is 1. The van der Waals surface area contributed by atoms with Gasteiger partial charge in [-0.1, -0.05) is 32.9 Å². The van der Waals surface area contributed by atoms with Gasteiger partial charge in [-0.3, -0.25) is 10.2 Å². The third kappa shape index (κ3) is 5.45. The fourth-order valence-corrected chi connectivity index (χ4v) is 12.8. The number of hydrogen-bond donors (Lipinski definition) is 1. The van der Waals surface area contributed by atoms with Crippen molar-refractivity contribution >= 4 is 17.5 Å². The van der Waals surface area contributed by atoms with E-state index in [1.54, 1.807) is 0 Å². The molecule has 286 valence electrons. The van der Waals surface area contributed by atoms with Gasteiger partial charge in [-0.25, -0.2) is 28.7 Å². The molecule has 11 heteroatoms. The number of rotatable bonds is 5. The molecule has 1 aromatic carbocycles. The monoisotopic (exact) mass is 724 g/mol. The van der Waals surface area contributed by atoms with Gasteiger partial charge in [0.05, 0.1) is 24.0 Å². The molecule has 2 spiro atoms. The predicted octanol–water partition coefficient (Wildman–Crippen LogP) is 8.54. The molecule has 6 heterocycles. The highest BCUT2D eigenvalue weighted by molar-refractivity contribution is 5.91. The van der Waals surface area contributed by atoms with Gasteiger partial charge in [0.25, 0.3) is 0 Å². The quantitative estimate of drug-likeness (QED) is 0.139. The summed E-state index contributed by atoms with van der Waals surface area (Å²) in [4.78, 5) is 44.5. The van der Waals surface area contributed by atoms with Gasteiger partial charge >= 0.3 is 6.09 Å². The average Bonchev–Trinajstić information content (AvgIpc) is 3.49. The lowest BCUT2D eigenvalue weighted by molar-refractivity contribution is -0.487. The van der Waals surface area contributed by atoms with Crippen molar-refractivity contribution in [1.29, 1.82) is 0 Å². The molecule has 10 nitrogen and oxygen atoms in total. The first-order valence-corrected chi connectivity index (χ1v) is 20.2. The molecule has 1 N–H and O–H groups in total. The molecule has 1 amide bonds. The molecule has 0 unspecified atom stereocenters. The molecule has 4 saturated carbocycles.